The topological polar surface area (TPSA) is 59.6 Å². The summed E-state index contributed by atoms with van der Waals surface area (Å²) in [5, 5.41) is 0. The van der Waals surface area contributed by atoms with E-state index in [1.165, 1.54) is 0 Å². The van der Waals surface area contributed by atoms with Crippen molar-refractivity contribution in [3.63, 3.8) is 0 Å². The van der Waals surface area contributed by atoms with Crippen LogP contribution in [0.25, 0.3) is 22.4 Å². The number of halogens is 1. The molecule has 6 nitrogen and oxygen atoms in total. The molecule has 1 saturated heterocycles. The number of nitrogens with zero attached hydrogens (tertiary/aromatic N) is 2. The first-order valence-corrected chi connectivity index (χ1v) is 10.9. The Bertz CT molecular complexity index is 1110. The molecular formula is C24H31BFN3O3. The number of imidazole rings is 1. The molecule has 1 aliphatic rings. The number of hydrogen-bond donors (Lipinski definition) is 1. The van der Waals surface area contributed by atoms with Gasteiger partial charge in [-0.2, -0.15) is 0 Å². The van der Waals surface area contributed by atoms with Crippen molar-refractivity contribution in [2.45, 2.75) is 45.8 Å². The lowest BCUT2D eigenvalue weighted by atomic mass is 9.78. The molecule has 4 rings (SSSR count). The summed E-state index contributed by atoms with van der Waals surface area (Å²) in [7, 11) is 3.11. The summed E-state index contributed by atoms with van der Waals surface area (Å²) < 4.78 is 34.0. The fourth-order valence-electron chi connectivity index (χ4n) is 3.57. The van der Waals surface area contributed by atoms with Crippen LogP contribution in [0.1, 0.15) is 33.3 Å². The molecule has 0 aliphatic carbocycles. The third kappa shape index (κ3) is 4.14. The molecule has 32 heavy (non-hydrogen) atoms. The molecule has 0 saturated carbocycles. The van der Waals surface area contributed by atoms with Gasteiger partial charge in [0.05, 0.1) is 11.2 Å². The Morgan fingerprint density at radius 3 is 2.31 bits per heavy atom. The first-order valence-electron chi connectivity index (χ1n) is 10.9. The van der Waals surface area contributed by atoms with Gasteiger partial charge in [0, 0.05) is 17.6 Å². The van der Waals surface area contributed by atoms with Gasteiger partial charge in [0.2, 0.25) is 0 Å². The van der Waals surface area contributed by atoms with E-state index in [-0.39, 0.29) is 11.0 Å². The number of aromatic nitrogens is 2. The molecule has 0 bridgehead atoms. The number of benzene rings is 2. The largest absolute Gasteiger partial charge is 0.498 e. The zero-order valence-corrected chi connectivity index (χ0v) is 19.9. The van der Waals surface area contributed by atoms with E-state index in [1.54, 1.807) is 6.07 Å². The van der Waals surface area contributed by atoms with Crippen molar-refractivity contribution < 1.29 is 18.4 Å². The van der Waals surface area contributed by atoms with E-state index in [2.05, 4.69) is 9.97 Å². The van der Waals surface area contributed by atoms with Crippen molar-refractivity contribution in [1.82, 2.24) is 14.9 Å². The van der Waals surface area contributed by atoms with Gasteiger partial charge in [-0.3, -0.25) is 0 Å². The number of ether oxygens (including phenoxy) is 1. The van der Waals surface area contributed by atoms with Crippen LogP contribution in [0, 0.1) is 12.7 Å². The molecule has 0 amide bonds. The van der Waals surface area contributed by atoms with Crippen LogP contribution < -0.4 is 10.2 Å². The van der Waals surface area contributed by atoms with Crippen LogP contribution in [0.5, 0.6) is 5.75 Å². The third-order valence-corrected chi connectivity index (χ3v) is 6.33. The zero-order valence-electron chi connectivity index (χ0n) is 19.9. The minimum atomic E-state index is -0.847. The van der Waals surface area contributed by atoms with Crippen LogP contribution in [-0.2, 0) is 9.31 Å². The second-order valence-electron chi connectivity index (χ2n) is 9.69. The normalized spacial score (nSPS) is 17.5. The van der Waals surface area contributed by atoms with E-state index in [1.807, 2.05) is 77.9 Å². The summed E-state index contributed by atoms with van der Waals surface area (Å²) in [5.41, 5.74) is 1.89. The summed E-state index contributed by atoms with van der Waals surface area (Å²) in [4.78, 5) is 9.87. The van der Waals surface area contributed by atoms with Crippen molar-refractivity contribution in [2.75, 3.05) is 27.2 Å². The molecule has 0 radical (unpaired) electrons. The Morgan fingerprint density at radius 2 is 1.72 bits per heavy atom. The first kappa shape index (κ1) is 22.8. The molecular weight excluding hydrogens is 408 g/mol. The summed E-state index contributed by atoms with van der Waals surface area (Å²) in [6.45, 7) is 11.0. The van der Waals surface area contributed by atoms with Crippen molar-refractivity contribution in [3.8, 4) is 17.1 Å². The van der Waals surface area contributed by atoms with Crippen molar-refractivity contribution >= 4 is 23.6 Å². The predicted molar refractivity (Wildman–Crippen MR) is 126 cm³/mol. The van der Waals surface area contributed by atoms with Crippen LogP contribution in [-0.4, -0.2) is 60.4 Å². The number of hydrogen-bond acceptors (Lipinski definition) is 5. The minimum absolute atomic E-state index is 0.215. The highest BCUT2D eigenvalue weighted by Crippen LogP contribution is 2.38. The number of aromatic amines is 1. The molecule has 8 heteroatoms. The molecule has 2 aromatic carbocycles. The average Bonchev–Trinajstić information content (AvgIpc) is 3.23. The second-order valence-corrected chi connectivity index (χ2v) is 9.69. The molecule has 2 heterocycles. The smallest absolute Gasteiger partial charge is 0.490 e. The van der Waals surface area contributed by atoms with Gasteiger partial charge in [-0.15, -0.1) is 0 Å². The third-order valence-electron chi connectivity index (χ3n) is 6.33. The first-order chi connectivity index (χ1) is 15.0. The molecule has 170 valence electrons. The molecule has 3 aromatic rings. The maximum atomic E-state index is 15.7. The average molecular weight is 439 g/mol. The zero-order chi connectivity index (χ0) is 23.3. The Balaban J connectivity index is 1.80. The quantitative estimate of drug-likeness (QED) is 0.591. The fraction of sp³-hybridized carbons (Fsp3) is 0.458. The Kier molecular flexibility index (Phi) is 5.82. The molecule has 1 N–H and O–H groups in total. The molecule has 0 spiro atoms. The van der Waals surface area contributed by atoms with Crippen LogP contribution in [0.4, 0.5) is 4.39 Å². The number of nitrogens with one attached hydrogen (secondary N) is 1. The van der Waals surface area contributed by atoms with E-state index in [4.69, 9.17) is 14.0 Å². The van der Waals surface area contributed by atoms with Gasteiger partial charge in [0.15, 0.2) is 5.82 Å². The van der Waals surface area contributed by atoms with Crippen LogP contribution in [0.2, 0.25) is 0 Å². The van der Waals surface area contributed by atoms with E-state index in [9.17, 15) is 0 Å². The summed E-state index contributed by atoms with van der Waals surface area (Å²) in [6, 6.07) is 9.61. The number of H-pyrrole nitrogens is 1. The van der Waals surface area contributed by atoms with Crippen LogP contribution in [0.15, 0.2) is 30.3 Å². The highest BCUT2D eigenvalue weighted by Gasteiger charge is 2.52. The van der Waals surface area contributed by atoms with E-state index in [0.717, 1.165) is 17.7 Å². The number of rotatable bonds is 6. The molecule has 0 atom stereocenters. The maximum Gasteiger partial charge on any atom is 0.498 e. The van der Waals surface area contributed by atoms with Crippen LogP contribution >= 0.6 is 0 Å². The highest BCUT2D eigenvalue weighted by molar-refractivity contribution is 6.62. The highest BCUT2D eigenvalue weighted by atomic mass is 19.1. The lowest BCUT2D eigenvalue weighted by Gasteiger charge is -2.32. The van der Waals surface area contributed by atoms with Gasteiger partial charge in [-0.25, -0.2) is 9.37 Å². The van der Waals surface area contributed by atoms with E-state index in [0.29, 0.717) is 23.7 Å². The van der Waals surface area contributed by atoms with E-state index < -0.39 is 24.1 Å². The van der Waals surface area contributed by atoms with Crippen molar-refractivity contribution in [3.05, 3.63) is 41.7 Å². The maximum absolute atomic E-state index is 15.7. The van der Waals surface area contributed by atoms with Gasteiger partial charge < -0.3 is 23.9 Å². The Labute approximate surface area is 189 Å². The van der Waals surface area contributed by atoms with Crippen molar-refractivity contribution in [2.24, 2.45) is 0 Å². The van der Waals surface area contributed by atoms with Gasteiger partial charge >= 0.3 is 7.12 Å². The van der Waals surface area contributed by atoms with E-state index >= 15 is 4.39 Å². The number of fused-ring (bicyclic) bond motifs is 1. The summed E-state index contributed by atoms with van der Waals surface area (Å²) >= 11 is 0. The predicted octanol–water partition coefficient (Wildman–Crippen LogP) is 3.92. The minimum Gasteiger partial charge on any atom is -0.490 e. The number of aryl methyl sites for hydroxylation is 1. The number of likely N-dealkylation sites (N-methyl/N-ethyl adjacent to an activating group) is 1. The Hall–Kier alpha value is -2.42. The van der Waals surface area contributed by atoms with Gasteiger partial charge in [0.1, 0.15) is 29.2 Å². The lowest BCUT2D eigenvalue weighted by Crippen LogP contribution is -2.41. The SMILES string of the molecule is Cc1ccc(-c2nc3c(F)c(B4OC(C)(C)C(C)(C)O4)cc(OCCN(C)C)c3[nH]2)cc1. The standard InChI is InChI=1S/C24H31BFN3O3/c1-15-8-10-16(11-9-15)22-27-20-18(30-13-12-29(6)7)14-17(19(26)21(20)28-22)25-31-23(2,3)24(4,5)32-25/h8-11,14H,12-13H2,1-7H3,(H,27,28). The summed E-state index contributed by atoms with van der Waals surface area (Å²) in [5.74, 6) is 0.648. The van der Waals surface area contributed by atoms with Crippen molar-refractivity contribution in [1.29, 1.82) is 0 Å². The molecule has 1 fully saturated rings. The molecule has 1 aromatic heterocycles. The molecule has 0 unspecified atom stereocenters. The van der Waals surface area contributed by atoms with Crippen LogP contribution in [0.3, 0.4) is 0 Å². The van der Waals surface area contributed by atoms with Gasteiger partial charge in [-0.1, -0.05) is 29.8 Å². The monoisotopic (exact) mass is 439 g/mol. The van der Waals surface area contributed by atoms with Gasteiger partial charge in [0.25, 0.3) is 0 Å². The second kappa shape index (κ2) is 8.17. The fourth-order valence-corrected chi connectivity index (χ4v) is 3.57. The summed E-state index contributed by atoms with van der Waals surface area (Å²) in [6.07, 6.45) is 0. The lowest BCUT2D eigenvalue weighted by molar-refractivity contribution is 0.00578. The molecule has 1 aliphatic heterocycles. The van der Waals surface area contributed by atoms with Gasteiger partial charge in [-0.05, 0) is 54.8 Å². The Morgan fingerprint density at radius 1 is 1.09 bits per heavy atom.